The first kappa shape index (κ1) is 30.2. The number of fused-ring (bicyclic) bond motifs is 1. The summed E-state index contributed by atoms with van der Waals surface area (Å²) in [7, 11) is 0. The fraction of sp³-hybridized carbons (Fsp3) is 0.655. The number of rotatable bonds is 4. The number of epoxide rings is 1. The summed E-state index contributed by atoms with van der Waals surface area (Å²) in [6.45, 7) is 12.7. The highest BCUT2D eigenvalue weighted by atomic mass is 32.1. The number of nitrogens with zero attached hydrogens (tertiary/aromatic N) is 1. The molecule has 8 nitrogen and oxygen atoms in total. The van der Waals surface area contributed by atoms with Crippen LogP contribution in [0.3, 0.4) is 0 Å². The first-order valence-corrected chi connectivity index (χ1v) is 14.2. The molecule has 0 saturated carbocycles. The highest BCUT2D eigenvalue weighted by Crippen LogP contribution is 2.45. The number of carbonyl (C=O) groups is 3. The van der Waals surface area contributed by atoms with Crippen LogP contribution in [0.1, 0.15) is 84.9 Å². The summed E-state index contributed by atoms with van der Waals surface area (Å²) < 4.78 is 17.0. The Kier molecular flexibility index (Phi) is 9.71. The third kappa shape index (κ3) is 7.83. The van der Waals surface area contributed by atoms with Gasteiger partial charge in [0, 0.05) is 36.1 Å². The second kappa shape index (κ2) is 12.2. The van der Waals surface area contributed by atoms with E-state index in [9.17, 15) is 19.5 Å². The van der Waals surface area contributed by atoms with Crippen LogP contribution in [0.15, 0.2) is 23.1 Å². The van der Waals surface area contributed by atoms with Gasteiger partial charge in [0.25, 0.3) is 0 Å². The second-order valence-corrected chi connectivity index (χ2v) is 12.4. The third-order valence-corrected chi connectivity index (χ3v) is 8.53. The quantitative estimate of drug-likeness (QED) is 0.412. The largest absolute Gasteiger partial charge is 0.458 e. The number of aliphatic hydroxyl groups excluding tert-OH is 1. The predicted molar refractivity (Wildman–Crippen MR) is 145 cm³/mol. The molecular formula is C29H41NO7S. The van der Waals surface area contributed by atoms with Gasteiger partial charge >= 0.3 is 11.9 Å². The molecule has 0 radical (unpaired) electrons. The monoisotopic (exact) mass is 547 g/mol. The van der Waals surface area contributed by atoms with Gasteiger partial charge in [-0.1, -0.05) is 26.3 Å². The molecule has 2 aliphatic heterocycles. The van der Waals surface area contributed by atoms with Crippen molar-refractivity contribution in [2.45, 2.75) is 105 Å². The van der Waals surface area contributed by atoms with Crippen molar-refractivity contribution in [3.05, 3.63) is 33.8 Å². The van der Waals surface area contributed by atoms with Gasteiger partial charge < -0.3 is 19.3 Å². The molecule has 0 aromatic carbocycles. The average Bonchev–Trinajstić information content (AvgIpc) is 3.26. The number of ether oxygens (including phenoxy) is 3. The first-order valence-electron chi connectivity index (χ1n) is 13.3. The molecule has 0 aliphatic carbocycles. The van der Waals surface area contributed by atoms with Crippen molar-refractivity contribution in [1.82, 2.24) is 4.98 Å². The smallest absolute Gasteiger partial charge is 0.331 e. The van der Waals surface area contributed by atoms with E-state index in [0.717, 1.165) is 24.8 Å². The van der Waals surface area contributed by atoms with Crippen LogP contribution in [0.5, 0.6) is 0 Å². The summed E-state index contributed by atoms with van der Waals surface area (Å²) in [6, 6.07) is 0. The highest BCUT2D eigenvalue weighted by molar-refractivity contribution is 7.09. The van der Waals surface area contributed by atoms with Crippen molar-refractivity contribution < 1.29 is 33.7 Å². The summed E-state index contributed by atoms with van der Waals surface area (Å²) in [4.78, 5) is 41.6. The van der Waals surface area contributed by atoms with Gasteiger partial charge in [-0.2, -0.15) is 0 Å². The van der Waals surface area contributed by atoms with Crippen LogP contribution in [0.4, 0.5) is 0 Å². The lowest BCUT2D eigenvalue weighted by Crippen LogP contribution is -2.38. The van der Waals surface area contributed by atoms with Gasteiger partial charge in [-0.25, -0.2) is 9.78 Å². The maximum Gasteiger partial charge on any atom is 0.331 e. The van der Waals surface area contributed by atoms with Crippen molar-refractivity contribution in [2.24, 2.45) is 17.3 Å². The van der Waals surface area contributed by atoms with Crippen LogP contribution in [-0.4, -0.2) is 51.7 Å². The molecule has 0 bridgehead atoms. The number of thiazole rings is 1. The Bertz CT molecular complexity index is 1090. The lowest BCUT2D eigenvalue weighted by molar-refractivity contribution is -0.143. The van der Waals surface area contributed by atoms with Gasteiger partial charge in [-0.3, -0.25) is 9.59 Å². The SMILES string of the molecule is CC(=O)OCc1nc(C=C(C)[C@@H]2C[C@@H]3OC3(C)CCC[C@H](C)[C@H](O)[C@@H](C)C(=O)C(C)(C)/C=C/C(=O)O2)cs1. The number of carbonyl (C=O) groups excluding carboxylic acids is 3. The maximum absolute atomic E-state index is 13.2. The predicted octanol–water partition coefficient (Wildman–Crippen LogP) is 5.04. The van der Waals surface area contributed by atoms with E-state index in [1.54, 1.807) is 26.8 Å². The summed E-state index contributed by atoms with van der Waals surface area (Å²) in [6.07, 6.45) is 6.35. The molecule has 1 aromatic heterocycles. The molecule has 3 rings (SSSR count). The fourth-order valence-corrected chi connectivity index (χ4v) is 5.66. The van der Waals surface area contributed by atoms with E-state index in [1.807, 2.05) is 25.3 Å². The standard InChI is InChI=1S/C29H41NO7S/c1-17-9-8-11-29(7)23(37-29)14-22(18(2)13-21-16-38-24(30-21)15-35-20(4)31)36-25(32)10-12-28(5,6)27(34)19(3)26(17)33/h10,12-13,16-17,19,22-23,26,33H,8-9,11,14-15H2,1-7H3/b12-10+,18-13?/t17-,19+,22-,23-,26-,29?/m0/s1. The number of aliphatic hydroxyl groups is 1. The molecule has 210 valence electrons. The Morgan fingerprint density at radius 1 is 1.26 bits per heavy atom. The van der Waals surface area contributed by atoms with Gasteiger partial charge in [0.15, 0.2) is 0 Å². The van der Waals surface area contributed by atoms with Gasteiger partial charge in [0.1, 0.15) is 23.5 Å². The maximum atomic E-state index is 13.2. The zero-order valence-corrected chi connectivity index (χ0v) is 24.3. The zero-order valence-electron chi connectivity index (χ0n) is 23.5. The Morgan fingerprint density at radius 3 is 2.66 bits per heavy atom. The molecule has 3 heterocycles. The highest BCUT2D eigenvalue weighted by Gasteiger charge is 2.52. The zero-order chi connectivity index (χ0) is 28.3. The third-order valence-electron chi connectivity index (χ3n) is 7.69. The molecule has 1 fully saturated rings. The molecule has 1 N–H and O–H groups in total. The fourth-order valence-electron chi connectivity index (χ4n) is 5.00. The van der Waals surface area contributed by atoms with E-state index in [1.165, 1.54) is 24.3 Å². The summed E-state index contributed by atoms with van der Waals surface area (Å²) in [5, 5.41) is 13.4. The van der Waals surface area contributed by atoms with Crippen LogP contribution < -0.4 is 0 Å². The average molecular weight is 548 g/mol. The van der Waals surface area contributed by atoms with Gasteiger partial charge in [-0.15, -0.1) is 11.3 Å². The van der Waals surface area contributed by atoms with E-state index < -0.39 is 29.5 Å². The van der Waals surface area contributed by atoms with Crippen molar-refractivity contribution >= 4 is 35.1 Å². The Balaban J connectivity index is 1.83. The van der Waals surface area contributed by atoms with Gasteiger partial charge in [0.05, 0.1) is 23.5 Å². The lowest BCUT2D eigenvalue weighted by atomic mass is 9.76. The molecule has 38 heavy (non-hydrogen) atoms. The number of aromatic nitrogens is 1. The van der Waals surface area contributed by atoms with Crippen molar-refractivity contribution in [3.63, 3.8) is 0 Å². The van der Waals surface area contributed by atoms with E-state index in [0.29, 0.717) is 17.1 Å². The molecule has 1 unspecified atom stereocenters. The first-order chi connectivity index (χ1) is 17.7. The second-order valence-electron chi connectivity index (χ2n) is 11.5. The topological polar surface area (TPSA) is 115 Å². The van der Waals surface area contributed by atoms with E-state index in [4.69, 9.17) is 14.2 Å². The number of hydrogen-bond acceptors (Lipinski definition) is 9. The van der Waals surface area contributed by atoms with E-state index >= 15 is 0 Å². The van der Waals surface area contributed by atoms with Gasteiger partial charge in [-0.05, 0) is 58.1 Å². The van der Waals surface area contributed by atoms with Crippen molar-refractivity contribution in [2.75, 3.05) is 0 Å². The van der Waals surface area contributed by atoms with E-state index in [2.05, 4.69) is 11.9 Å². The molecule has 2 aliphatic rings. The molecule has 0 spiro atoms. The number of hydrogen-bond donors (Lipinski definition) is 1. The molecule has 1 saturated heterocycles. The summed E-state index contributed by atoms with van der Waals surface area (Å²) in [5.41, 5.74) is 0.258. The lowest BCUT2D eigenvalue weighted by Gasteiger charge is -2.30. The number of esters is 2. The molecule has 9 heteroatoms. The minimum absolute atomic E-state index is 0.0332. The Labute approximate surface area is 229 Å². The Hall–Kier alpha value is -2.36. The number of cyclic esters (lactones) is 1. The van der Waals surface area contributed by atoms with Crippen LogP contribution in [0.25, 0.3) is 6.08 Å². The van der Waals surface area contributed by atoms with E-state index in [-0.39, 0.29) is 36.0 Å². The molecule has 1 aromatic rings. The minimum Gasteiger partial charge on any atom is -0.458 e. The molecule has 0 amide bonds. The van der Waals surface area contributed by atoms with Crippen molar-refractivity contribution in [1.29, 1.82) is 0 Å². The van der Waals surface area contributed by atoms with Crippen LogP contribution in [0.2, 0.25) is 0 Å². The van der Waals surface area contributed by atoms with Crippen molar-refractivity contribution in [3.8, 4) is 0 Å². The van der Waals surface area contributed by atoms with Crippen LogP contribution in [0, 0.1) is 17.3 Å². The minimum atomic E-state index is -0.937. The van der Waals surface area contributed by atoms with Gasteiger partial charge in [0.2, 0.25) is 0 Å². The number of Topliss-reactive ketones (excluding diaryl/α,β-unsaturated/α-hetero) is 1. The normalized spacial score (nSPS) is 33.7. The molecule has 6 atom stereocenters. The summed E-state index contributed by atoms with van der Waals surface area (Å²) in [5.74, 6) is -1.62. The van der Waals surface area contributed by atoms with Crippen LogP contribution >= 0.6 is 11.3 Å². The number of allylic oxidation sites excluding steroid dienone is 1. The molecular weight excluding hydrogens is 506 g/mol. The number of ketones is 1. The van der Waals surface area contributed by atoms with Crippen LogP contribution in [-0.2, 0) is 35.2 Å². The Morgan fingerprint density at radius 2 is 1.97 bits per heavy atom. The summed E-state index contributed by atoms with van der Waals surface area (Å²) >= 11 is 1.39.